The average Bonchev–Trinajstić information content (AvgIpc) is 3.24. The molecule has 194 valence electrons. The third-order valence-electron chi connectivity index (χ3n) is 5.99. The number of carbonyl (C=O) groups excluding carboxylic acids is 2. The molecule has 0 bridgehead atoms. The van der Waals surface area contributed by atoms with Crippen LogP contribution in [-0.4, -0.2) is 49.6 Å². The van der Waals surface area contributed by atoms with Gasteiger partial charge in [-0.1, -0.05) is 0 Å². The van der Waals surface area contributed by atoms with Crippen molar-refractivity contribution in [2.75, 3.05) is 34.7 Å². The van der Waals surface area contributed by atoms with Crippen LogP contribution in [0.15, 0.2) is 12.1 Å². The van der Waals surface area contributed by atoms with E-state index in [1.807, 2.05) is 0 Å². The molecule has 0 spiro atoms. The van der Waals surface area contributed by atoms with Crippen LogP contribution in [0.1, 0.15) is 48.7 Å². The minimum absolute atomic E-state index is 0.00248. The molecule has 13 heteroatoms. The van der Waals surface area contributed by atoms with Crippen molar-refractivity contribution in [1.82, 2.24) is 9.88 Å². The number of rotatable bonds is 5. The van der Waals surface area contributed by atoms with E-state index >= 15 is 0 Å². The molecule has 3 heterocycles. The molecule has 1 aromatic carbocycles. The molecule has 0 radical (unpaired) electrons. The number of benzene rings is 1. The maximum atomic E-state index is 14.8. The largest absolute Gasteiger partial charge is 0.357 e. The number of amides is 3. The fourth-order valence-electron chi connectivity index (χ4n) is 4.48. The third-order valence-corrected chi connectivity index (χ3v) is 6.58. The van der Waals surface area contributed by atoms with Crippen LogP contribution in [-0.2, 0) is 20.7 Å². The molecule has 0 aliphatic carbocycles. The number of likely N-dealkylation sites (tertiary alicyclic amines) is 1. The Morgan fingerprint density at radius 2 is 1.86 bits per heavy atom. The first-order valence-electron chi connectivity index (χ1n) is 11.3. The van der Waals surface area contributed by atoms with Crippen LogP contribution in [0, 0.1) is 12.7 Å². The number of alkyl halides is 2. The predicted octanol–water partition coefficient (Wildman–Crippen LogP) is 4.46. The summed E-state index contributed by atoms with van der Waals surface area (Å²) in [7, 11) is -3.80. The number of piperidine rings is 1. The van der Waals surface area contributed by atoms with Gasteiger partial charge in [0.25, 0.3) is 11.8 Å². The molecule has 1 saturated heterocycles. The summed E-state index contributed by atoms with van der Waals surface area (Å²) < 4.78 is 69.4. The van der Waals surface area contributed by atoms with Gasteiger partial charge in [-0.05, 0) is 38.3 Å². The van der Waals surface area contributed by atoms with Crippen LogP contribution in [0.5, 0.6) is 0 Å². The number of sulfonamides is 1. The summed E-state index contributed by atoms with van der Waals surface area (Å²) in [4.78, 5) is 29.8. The van der Waals surface area contributed by atoms with Crippen molar-refractivity contribution in [1.29, 1.82) is 0 Å². The van der Waals surface area contributed by atoms with Crippen LogP contribution in [0.2, 0.25) is 0 Å². The Kier molecular flexibility index (Phi) is 6.54. The Hall–Kier alpha value is -3.48. The Morgan fingerprint density at radius 1 is 1.19 bits per heavy atom. The zero-order chi connectivity index (χ0) is 26.4. The van der Waals surface area contributed by atoms with Crippen molar-refractivity contribution in [2.45, 2.75) is 39.0 Å². The molecule has 2 aromatic rings. The van der Waals surface area contributed by atoms with Crippen molar-refractivity contribution >= 4 is 50.7 Å². The smallest absolute Gasteiger partial charge is 0.321 e. The van der Waals surface area contributed by atoms with Gasteiger partial charge in [0.15, 0.2) is 0 Å². The monoisotopic (exact) mass is 525 g/mol. The van der Waals surface area contributed by atoms with Gasteiger partial charge >= 0.3 is 6.03 Å². The summed E-state index contributed by atoms with van der Waals surface area (Å²) in [6.07, 6.45) is 4.66. The lowest BCUT2D eigenvalue weighted by Crippen LogP contribution is -2.39. The zero-order valence-corrected chi connectivity index (χ0v) is 20.7. The Bertz CT molecular complexity index is 1370. The second-order valence-corrected chi connectivity index (χ2v) is 10.8. The molecular weight excluding hydrogens is 499 g/mol. The molecule has 9 nitrogen and oxygen atoms in total. The molecule has 4 N–H and O–H groups in total. The highest BCUT2D eigenvalue weighted by Crippen LogP contribution is 2.43. The number of anilines is 3. The third kappa shape index (κ3) is 5.20. The lowest BCUT2D eigenvalue weighted by molar-refractivity contribution is -0.110. The number of H-pyrrole nitrogens is 1. The highest BCUT2D eigenvalue weighted by Gasteiger charge is 2.36. The van der Waals surface area contributed by atoms with Gasteiger partial charge in [0.1, 0.15) is 5.82 Å². The number of aromatic amines is 1. The molecule has 2 aliphatic rings. The van der Waals surface area contributed by atoms with Crippen molar-refractivity contribution in [3.05, 3.63) is 40.5 Å². The van der Waals surface area contributed by atoms with Crippen LogP contribution >= 0.6 is 0 Å². The number of carbonyl (C=O) groups is 2. The maximum Gasteiger partial charge on any atom is 0.321 e. The number of urea groups is 1. The van der Waals surface area contributed by atoms with Gasteiger partial charge in [-0.2, -0.15) is 0 Å². The summed E-state index contributed by atoms with van der Waals surface area (Å²) >= 11 is 0. The van der Waals surface area contributed by atoms with E-state index in [0.29, 0.717) is 20.0 Å². The van der Waals surface area contributed by atoms with Gasteiger partial charge in [0.05, 0.1) is 40.1 Å². The molecule has 4 rings (SSSR count). The number of fused-ring (bicyclic) bond motifs is 1. The fourth-order valence-corrected chi connectivity index (χ4v) is 5.04. The van der Waals surface area contributed by atoms with Gasteiger partial charge < -0.3 is 20.5 Å². The van der Waals surface area contributed by atoms with E-state index < -0.39 is 39.3 Å². The molecular formula is C23H26F3N5O4S. The number of hydrogen-bond donors (Lipinski definition) is 4. The van der Waals surface area contributed by atoms with E-state index in [9.17, 15) is 31.2 Å². The minimum atomic E-state index is -3.80. The summed E-state index contributed by atoms with van der Waals surface area (Å²) in [6, 6.07) is 1.41. The number of halogens is 3. The summed E-state index contributed by atoms with van der Waals surface area (Å²) in [6.45, 7) is 3.23. The topological polar surface area (TPSA) is 123 Å². The van der Waals surface area contributed by atoms with E-state index in [1.165, 1.54) is 6.92 Å². The SMILES string of the molecule is Cc1[nH]c(/C=C2\C(=O)Nc3c(NS(C)(=O)=O)cc(F)cc32)c(C(C)(F)F)c1NC(=O)N1CCCCC1. The lowest BCUT2D eigenvalue weighted by atomic mass is 10.0. The van der Waals surface area contributed by atoms with Crippen LogP contribution < -0.4 is 15.4 Å². The molecule has 3 amide bonds. The van der Waals surface area contributed by atoms with Crippen LogP contribution in [0.3, 0.4) is 0 Å². The average molecular weight is 526 g/mol. The van der Waals surface area contributed by atoms with Gasteiger partial charge in [-0.15, -0.1) is 0 Å². The number of nitrogens with zero attached hydrogens (tertiary/aromatic N) is 1. The second-order valence-electron chi connectivity index (χ2n) is 9.04. The van der Waals surface area contributed by atoms with Gasteiger partial charge in [0.2, 0.25) is 10.0 Å². The Morgan fingerprint density at radius 3 is 2.47 bits per heavy atom. The van der Waals surface area contributed by atoms with Crippen molar-refractivity contribution in [3.8, 4) is 0 Å². The van der Waals surface area contributed by atoms with Gasteiger partial charge in [-0.3, -0.25) is 9.52 Å². The Labute approximate surface area is 206 Å². The quantitative estimate of drug-likeness (QED) is 0.431. The van der Waals surface area contributed by atoms with E-state index in [4.69, 9.17) is 0 Å². The number of nitrogens with one attached hydrogen (secondary N) is 4. The van der Waals surface area contributed by atoms with Crippen LogP contribution in [0.4, 0.5) is 35.0 Å². The number of aromatic nitrogens is 1. The first-order chi connectivity index (χ1) is 16.7. The first-order valence-corrected chi connectivity index (χ1v) is 13.2. The molecule has 2 aliphatic heterocycles. The van der Waals surface area contributed by atoms with Gasteiger partial charge in [-0.25, -0.2) is 26.4 Å². The second kappa shape index (κ2) is 9.19. The summed E-state index contributed by atoms with van der Waals surface area (Å²) in [5.41, 5.74) is -0.848. The van der Waals surface area contributed by atoms with Crippen molar-refractivity contribution < 1.29 is 31.2 Å². The molecule has 36 heavy (non-hydrogen) atoms. The molecule has 0 atom stereocenters. The van der Waals surface area contributed by atoms with E-state index in [2.05, 4.69) is 20.3 Å². The maximum absolute atomic E-state index is 14.8. The minimum Gasteiger partial charge on any atom is -0.357 e. The van der Waals surface area contributed by atoms with Crippen molar-refractivity contribution in [2.24, 2.45) is 0 Å². The van der Waals surface area contributed by atoms with E-state index in [0.717, 1.165) is 43.7 Å². The molecule has 0 saturated carbocycles. The van der Waals surface area contributed by atoms with E-state index in [1.54, 1.807) is 4.90 Å². The lowest BCUT2D eigenvalue weighted by Gasteiger charge is -2.27. The normalized spacial score (nSPS) is 17.2. The van der Waals surface area contributed by atoms with Gasteiger partial charge in [0, 0.05) is 37.3 Å². The highest BCUT2D eigenvalue weighted by molar-refractivity contribution is 7.92. The summed E-state index contributed by atoms with van der Waals surface area (Å²) in [5.74, 6) is -4.98. The highest BCUT2D eigenvalue weighted by atomic mass is 32.2. The first kappa shape index (κ1) is 25.6. The van der Waals surface area contributed by atoms with E-state index in [-0.39, 0.29) is 39.6 Å². The number of hydrogen-bond acceptors (Lipinski definition) is 4. The fraction of sp³-hybridized carbons (Fsp3) is 0.391. The van der Waals surface area contributed by atoms with Crippen molar-refractivity contribution in [3.63, 3.8) is 0 Å². The molecule has 1 fully saturated rings. The molecule has 0 unspecified atom stereocenters. The Balaban J connectivity index is 1.79. The standard InChI is InChI=1S/C23H26F3N5O4S/c1-12-19(29-22(33)31-7-5-4-6-8-31)18(23(2,25)26)16(27-12)11-15-14-9-13(24)10-17(30-36(3,34)35)20(14)28-21(15)32/h9-11,27,30H,4-8H2,1-3H3,(H,28,32)(H,29,33)/b15-11-. The van der Waals surface area contributed by atoms with Crippen LogP contribution in [0.25, 0.3) is 11.6 Å². The number of aryl methyl sites for hydroxylation is 1. The summed E-state index contributed by atoms with van der Waals surface area (Å²) in [5, 5.41) is 5.05. The predicted molar refractivity (Wildman–Crippen MR) is 131 cm³/mol. The molecule has 1 aromatic heterocycles. The zero-order valence-electron chi connectivity index (χ0n) is 19.9.